The van der Waals surface area contributed by atoms with Gasteiger partial charge in [0, 0.05) is 15.9 Å². The second-order valence-corrected chi connectivity index (χ2v) is 4.28. The molecule has 4 heteroatoms. The Morgan fingerprint density at radius 1 is 1.31 bits per heavy atom. The topological polar surface area (TPSA) is 22.0 Å². The molecule has 0 saturated heterocycles. The molecule has 13 heavy (non-hydrogen) atoms. The second-order valence-electron chi connectivity index (χ2n) is 2.52. The molecule has 0 bridgehead atoms. The van der Waals surface area contributed by atoms with E-state index in [1.807, 2.05) is 24.3 Å². The number of benzene rings is 1. The zero-order chi connectivity index (χ0) is 9.26. The fourth-order valence-corrected chi connectivity index (χ4v) is 2.15. The minimum absolute atomic E-state index is 0.0168. The van der Waals surface area contributed by atoms with Crippen LogP contribution >= 0.6 is 27.5 Å². The summed E-state index contributed by atoms with van der Waals surface area (Å²) in [6.45, 7) is 0. The quantitative estimate of drug-likeness (QED) is 0.768. The molecule has 0 aliphatic carbocycles. The van der Waals surface area contributed by atoms with Crippen molar-refractivity contribution < 1.29 is 0 Å². The first kappa shape index (κ1) is 8.72. The molecule has 0 N–H and O–H groups in total. The van der Waals surface area contributed by atoms with Crippen molar-refractivity contribution >= 4 is 27.5 Å². The average Bonchev–Trinajstić information content (AvgIpc) is 2.51. The lowest BCUT2D eigenvalue weighted by molar-refractivity contribution is 1.13. The first-order valence-electron chi connectivity index (χ1n) is 3.70. The number of hydrogen-bond donors (Lipinski definition) is 0. The summed E-state index contributed by atoms with van der Waals surface area (Å²) in [5.41, 5.74) is 0.914. The fourth-order valence-electron chi connectivity index (χ4n) is 1.06. The molecule has 2 aromatic rings. The molecule has 0 aliphatic rings. The van der Waals surface area contributed by atoms with Crippen LogP contribution in [0, 0.1) is 0 Å². The third-order valence-corrected chi connectivity index (χ3v) is 2.97. The van der Waals surface area contributed by atoms with Crippen LogP contribution in [0.3, 0.4) is 0 Å². The molecule has 0 saturated carbocycles. The third kappa shape index (κ3) is 1.73. The molecule has 0 radical (unpaired) electrons. The molecule has 1 heterocycles. The van der Waals surface area contributed by atoms with Gasteiger partial charge in [-0.2, -0.15) is 0 Å². The molecule has 0 spiro atoms. The van der Waals surface area contributed by atoms with E-state index < -0.39 is 0 Å². The van der Waals surface area contributed by atoms with Gasteiger partial charge < -0.3 is 0 Å². The highest BCUT2D eigenvalue weighted by Crippen LogP contribution is 2.15. The minimum Gasteiger partial charge on any atom is -0.268 e. The number of halogens is 1. The van der Waals surface area contributed by atoms with Gasteiger partial charge in [-0.25, -0.2) is 3.96 Å². The van der Waals surface area contributed by atoms with Gasteiger partial charge in [0.25, 0.3) is 5.56 Å². The standard InChI is InChI=1S/C9H6BrNOS/c10-7-2-1-3-8(6-7)11-9(12)4-5-13-11/h1-6H. The summed E-state index contributed by atoms with van der Waals surface area (Å²) >= 11 is 4.76. The molecule has 0 atom stereocenters. The van der Waals surface area contributed by atoms with E-state index in [1.54, 1.807) is 15.4 Å². The number of rotatable bonds is 1. The first-order chi connectivity index (χ1) is 6.27. The van der Waals surface area contributed by atoms with Crippen LogP contribution in [-0.4, -0.2) is 3.96 Å². The van der Waals surface area contributed by atoms with E-state index in [9.17, 15) is 4.79 Å². The first-order valence-corrected chi connectivity index (χ1v) is 5.33. The van der Waals surface area contributed by atoms with Crippen LogP contribution in [0.4, 0.5) is 0 Å². The van der Waals surface area contributed by atoms with Gasteiger partial charge in [-0.1, -0.05) is 33.5 Å². The van der Waals surface area contributed by atoms with E-state index in [1.165, 1.54) is 11.5 Å². The zero-order valence-electron chi connectivity index (χ0n) is 6.61. The van der Waals surface area contributed by atoms with E-state index in [4.69, 9.17) is 0 Å². The van der Waals surface area contributed by atoms with Gasteiger partial charge in [-0.3, -0.25) is 4.79 Å². The summed E-state index contributed by atoms with van der Waals surface area (Å²) in [5, 5.41) is 1.78. The molecular weight excluding hydrogens is 250 g/mol. The summed E-state index contributed by atoms with van der Waals surface area (Å²) in [6, 6.07) is 9.22. The van der Waals surface area contributed by atoms with Gasteiger partial charge in [0.1, 0.15) is 0 Å². The zero-order valence-corrected chi connectivity index (χ0v) is 9.01. The van der Waals surface area contributed by atoms with Crippen molar-refractivity contribution in [1.82, 2.24) is 3.96 Å². The van der Waals surface area contributed by atoms with Crippen molar-refractivity contribution in [2.24, 2.45) is 0 Å². The predicted molar refractivity (Wildman–Crippen MR) is 57.6 cm³/mol. The molecular formula is C9H6BrNOS. The molecule has 2 nitrogen and oxygen atoms in total. The average molecular weight is 256 g/mol. The van der Waals surface area contributed by atoms with Crippen LogP contribution in [0.5, 0.6) is 0 Å². The van der Waals surface area contributed by atoms with Gasteiger partial charge >= 0.3 is 0 Å². The fraction of sp³-hybridized carbons (Fsp3) is 0. The van der Waals surface area contributed by atoms with E-state index in [-0.39, 0.29) is 5.56 Å². The van der Waals surface area contributed by atoms with Crippen molar-refractivity contribution in [2.45, 2.75) is 0 Å². The second kappa shape index (κ2) is 3.47. The number of aromatic nitrogens is 1. The third-order valence-electron chi connectivity index (χ3n) is 1.62. The SMILES string of the molecule is O=c1ccsn1-c1cccc(Br)c1. The highest BCUT2D eigenvalue weighted by molar-refractivity contribution is 9.10. The number of hydrogen-bond acceptors (Lipinski definition) is 2. The van der Waals surface area contributed by atoms with E-state index in [0.717, 1.165) is 10.2 Å². The maximum Gasteiger partial charge on any atom is 0.265 e. The molecule has 0 fully saturated rings. The highest BCUT2D eigenvalue weighted by atomic mass is 79.9. The Hall–Kier alpha value is -0.870. The van der Waals surface area contributed by atoms with Crippen LogP contribution in [0.25, 0.3) is 5.69 Å². The van der Waals surface area contributed by atoms with Crippen molar-refractivity contribution in [2.75, 3.05) is 0 Å². The molecule has 2 rings (SSSR count). The van der Waals surface area contributed by atoms with Crippen molar-refractivity contribution in [3.63, 3.8) is 0 Å². The molecule has 66 valence electrons. The summed E-state index contributed by atoms with van der Waals surface area (Å²) in [4.78, 5) is 11.3. The molecule has 0 amide bonds. The Labute approximate surface area is 87.7 Å². The molecule has 1 aromatic heterocycles. The van der Waals surface area contributed by atoms with Crippen LogP contribution in [0.15, 0.2) is 45.0 Å². The summed E-state index contributed by atoms with van der Waals surface area (Å²) in [6.07, 6.45) is 0. The summed E-state index contributed by atoms with van der Waals surface area (Å²) in [7, 11) is 0. The molecule has 0 aliphatic heterocycles. The van der Waals surface area contributed by atoms with Crippen LogP contribution in [-0.2, 0) is 0 Å². The van der Waals surface area contributed by atoms with Gasteiger partial charge in [0.15, 0.2) is 0 Å². The summed E-state index contributed by atoms with van der Waals surface area (Å²) in [5.74, 6) is 0. The lowest BCUT2D eigenvalue weighted by atomic mass is 10.3. The Bertz CT molecular complexity index is 474. The monoisotopic (exact) mass is 255 g/mol. The smallest absolute Gasteiger partial charge is 0.265 e. The number of nitrogens with zero attached hydrogens (tertiary/aromatic N) is 1. The Morgan fingerprint density at radius 2 is 2.15 bits per heavy atom. The van der Waals surface area contributed by atoms with Crippen molar-refractivity contribution in [3.05, 3.63) is 50.5 Å². The predicted octanol–water partition coefficient (Wildman–Crippen LogP) is 2.66. The normalized spacial score (nSPS) is 10.2. The van der Waals surface area contributed by atoms with Gasteiger partial charge in [-0.15, -0.1) is 0 Å². The Kier molecular flexibility index (Phi) is 2.33. The van der Waals surface area contributed by atoms with E-state index in [0.29, 0.717) is 0 Å². The van der Waals surface area contributed by atoms with Crippen molar-refractivity contribution in [1.29, 1.82) is 0 Å². The highest BCUT2D eigenvalue weighted by Gasteiger charge is 1.99. The van der Waals surface area contributed by atoms with E-state index >= 15 is 0 Å². The maximum atomic E-state index is 11.3. The summed E-state index contributed by atoms with van der Waals surface area (Å²) < 4.78 is 2.62. The lowest BCUT2D eigenvalue weighted by Gasteiger charge is -1.99. The molecule has 1 aromatic carbocycles. The minimum atomic E-state index is 0.0168. The van der Waals surface area contributed by atoms with Crippen LogP contribution in [0.2, 0.25) is 0 Å². The van der Waals surface area contributed by atoms with E-state index in [2.05, 4.69) is 15.9 Å². The Morgan fingerprint density at radius 3 is 2.77 bits per heavy atom. The Balaban J connectivity index is 2.59. The van der Waals surface area contributed by atoms with Gasteiger partial charge in [-0.05, 0) is 18.2 Å². The lowest BCUT2D eigenvalue weighted by Crippen LogP contribution is -2.08. The largest absolute Gasteiger partial charge is 0.268 e. The van der Waals surface area contributed by atoms with Gasteiger partial charge in [0.05, 0.1) is 5.69 Å². The van der Waals surface area contributed by atoms with Gasteiger partial charge in [0.2, 0.25) is 0 Å². The molecule has 0 unspecified atom stereocenters. The van der Waals surface area contributed by atoms with Crippen molar-refractivity contribution in [3.8, 4) is 5.69 Å². The maximum absolute atomic E-state index is 11.3. The van der Waals surface area contributed by atoms with Crippen LogP contribution in [0.1, 0.15) is 0 Å². The van der Waals surface area contributed by atoms with Crippen LogP contribution < -0.4 is 5.56 Å².